The Hall–Kier alpha value is -0.0100. The second-order valence-corrected chi connectivity index (χ2v) is 6.16. The van der Waals surface area contributed by atoms with Gasteiger partial charge in [0.25, 0.3) is 0 Å². The Morgan fingerprint density at radius 3 is 2.85 bits per heavy atom. The molecule has 0 spiro atoms. The van der Waals surface area contributed by atoms with Gasteiger partial charge in [0.05, 0.1) is 11.0 Å². The average molecular weight is 201 g/mol. The van der Waals surface area contributed by atoms with Crippen LogP contribution in [0.1, 0.15) is 39.5 Å². The van der Waals surface area contributed by atoms with E-state index in [-0.39, 0.29) is 16.4 Å². The van der Waals surface area contributed by atoms with Crippen molar-refractivity contribution in [2.45, 2.75) is 50.5 Å². The fraction of sp³-hybridized carbons (Fsp3) is 0.818. The minimum Gasteiger partial charge on any atom is -0.393 e. The second-order valence-electron chi connectivity index (χ2n) is 5.36. The molecule has 0 heterocycles. The highest BCUT2D eigenvalue weighted by molar-refractivity contribution is 6.24. The van der Waals surface area contributed by atoms with Gasteiger partial charge in [-0.25, -0.2) is 0 Å². The number of allylic oxidation sites excluding steroid dienone is 1. The highest BCUT2D eigenvalue weighted by Crippen LogP contribution is 2.50. The van der Waals surface area contributed by atoms with Gasteiger partial charge in [-0.05, 0) is 31.1 Å². The molecule has 74 valence electrons. The van der Waals surface area contributed by atoms with E-state index in [1.165, 1.54) is 5.57 Å². The minimum atomic E-state index is -0.214. The number of aliphatic hydroxyl groups excluding tert-OH is 1. The first-order valence-electron chi connectivity index (χ1n) is 4.96. The van der Waals surface area contributed by atoms with Crippen molar-refractivity contribution < 1.29 is 5.11 Å². The van der Waals surface area contributed by atoms with Crippen molar-refractivity contribution >= 4 is 11.6 Å². The molecule has 2 aliphatic rings. The number of fused-ring (bicyclic) bond motifs is 2. The Morgan fingerprint density at radius 2 is 2.23 bits per heavy atom. The Morgan fingerprint density at radius 1 is 1.54 bits per heavy atom. The van der Waals surface area contributed by atoms with Gasteiger partial charge in [-0.1, -0.05) is 25.5 Å². The molecule has 0 aromatic carbocycles. The molecule has 0 radical (unpaired) electrons. The third kappa shape index (κ3) is 1.92. The lowest BCUT2D eigenvalue weighted by molar-refractivity contribution is 0.112. The highest BCUT2D eigenvalue weighted by atomic mass is 35.5. The predicted molar refractivity (Wildman–Crippen MR) is 54.9 cm³/mol. The summed E-state index contributed by atoms with van der Waals surface area (Å²) in [5.74, 6) is 0. The summed E-state index contributed by atoms with van der Waals surface area (Å²) in [4.78, 5) is -0.161. The van der Waals surface area contributed by atoms with Gasteiger partial charge in [0, 0.05) is 0 Å². The van der Waals surface area contributed by atoms with Crippen LogP contribution in [-0.2, 0) is 0 Å². The summed E-state index contributed by atoms with van der Waals surface area (Å²) in [6, 6.07) is 0. The van der Waals surface area contributed by atoms with Crippen molar-refractivity contribution in [3.63, 3.8) is 0 Å². The van der Waals surface area contributed by atoms with E-state index >= 15 is 0 Å². The SMILES string of the molecule is CC1(C)C=C2CC(O)CC(Cl)(C2)C1. The summed E-state index contributed by atoms with van der Waals surface area (Å²) >= 11 is 6.48. The topological polar surface area (TPSA) is 20.2 Å². The van der Waals surface area contributed by atoms with E-state index in [1.54, 1.807) is 0 Å². The number of hydrogen-bond acceptors (Lipinski definition) is 1. The van der Waals surface area contributed by atoms with Gasteiger partial charge in [-0.15, -0.1) is 11.6 Å². The van der Waals surface area contributed by atoms with Crippen molar-refractivity contribution in [1.82, 2.24) is 0 Å². The van der Waals surface area contributed by atoms with Crippen LogP contribution in [0.4, 0.5) is 0 Å². The maximum absolute atomic E-state index is 9.63. The smallest absolute Gasteiger partial charge is 0.0594 e. The summed E-state index contributed by atoms with van der Waals surface area (Å²) < 4.78 is 0. The molecule has 1 fully saturated rings. The molecule has 2 aliphatic carbocycles. The van der Waals surface area contributed by atoms with Gasteiger partial charge < -0.3 is 5.11 Å². The predicted octanol–water partition coefficient (Wildman–Crippen LogP) is 2.87. The lowest BCUT2D eigenvalue weighted by atomic mass is 9.67. The summed E-state index contributed by atoms with van der Waals surface area (Å²) in [7, 11) is 0. The van der Waals surface area contributed by atoms with E-state index in [1.807, 2.05) is 0 Å². The van der Waals surface area contributed by atoms with Crippen molar-refractivity contribution in [1.29, 1.82) is 0 Å². The van der Waals surface area contributed by atoms with Crippen molar-refractivity contribution in [2.75, 3.05) is 0 Å². The van der Waals surface area contributed by atoms with Gasteiger partial charge >= 0.3 is 0 Å². The molecule has 1 nitrogen and oxygen atoms in total. The molecule has 0 aromatic heterocycles. The first-order chi connectivity index (χ1) is 5.89. The minimum absolute atomic E-state index is 0.161. The normalized spacial score (nSPS) is 42.8. The van der Waals surface area contributed by atoms with Crippen LogP contribution in [0.2, 0.25) is 0 Å². The Kier molecular flexibility index (Phi) is 2.01. The molecule has 1 N–H and O–H groups in total. The van der Waals surface area contributed by atoms with Gasteiger partial charge in [-0.3, -0.25) is 0 Å². The van der Waals surface area contributed by atoms with Crippen LogP contribution in [0.25, 0.3) is 0 Å². The molecular weight excluding hydrogens is 184 g/mol. The number of hydrogen-bond donors (Lipinski definition) is 1. The van der Waals surface area contributed by atoms with Crippen LogP contribution in [0.15, 0.2) is 11.6 Å². The summed E-state index contributed by atoms with van der Waals surface area (Å²) in [6.45, 7) is 4.45. The summed E-state index contributed by atoms with van der Waals surface area (Å²) in [5.41, 5.74) is 1.57. The zero-order valence-corrected chi connectivity index (χ0v) is 9.06. The Balaban J connectivity index is 2.31. The largest absolute Gasteiger partial charge is 0.393 e. The number of alkyl halides is 1. The summed E-state index contributed by atoms with van der Waals surface area (Å²) in [5, 5.41) is 9.63. The molecule has 2 bridgehead atoms. The van der Waals surface area contributed by atoms with Crippen molar-refractivity contribution in [2.24, 2.45) is 5.41 Å². The van der Waals surface area contributed by atoms with E-state index in [0.29, 0.717) is 0 Å². The monoisotopic (exact) mass is 200 g/mol. The lowest BCUT2D eigenvalue weighted by Crippen LogP contribution is -2.40. The molecule has 2 atom stereocenters. The quantitative estimate of drug-likeness (QED) is 0.471. The van der Waals surface area contributed by atoms with Crippen LogP contribution in [0.5, 0.6) is 0 Å². The molecule has 13 heavy (non-hydrogen) atoms. The maximum Gasteiger partial charge on any atom is 0.0594 e. The molecular formula is C11H17ClO. The molecule has 0 amide bonds. The third-order valence-electron chi connectivity index (χ3n) is 3.01. The van der Waals surface area contributed by atoms with E-state index < -0.39 is 0 Å². The van der Waals surface area contributed by atoms with Crippen LogP contribution in [0.3, 0.4) is 0 Å². The zero-order chi connectivity index (χ0) is 9.69. The first-order valence-corrected chi connectivity index (χ1v) is 5.34. The van der Waals surface area contributed by atoms with Gasteiger partial charge in [0.15, 0.2) is 0 Å². The maximum atomic E-state index is 9.63. The van der Waals surface area contributed by atoms with Gasteiger partial charge in [0.2, 0.25) is 0 Å². The van der Waals surface area contributed by atoms with Crippen LogP contribution in [0, 0.1) is 5.41 Å². The van der Waals surface area contributed by atoms with Crippen LogP contribution < -0.4 is 0 Å². The second kappa shape index (κ2) is 2.74. The highest BCUT2D eigenvalue weighted by Gasteiger charge is 2.43. The lowest BCUT2D eigenvalue weighted by Gasteiger charge is -2.44. The number of rotatable bonds is 0. The number of aliphatic hydroxyl groups is 1. The standard InChI is InChI=1S/C11H17ClO/c1-10(2)4-8-3-9(13)6-11(12,5-8)7-10/h4,9,13H,3,5-7H2,1-2H3. The third-order valence-corrected chi connectivity index (χ3v) is 3.43. The average Bonchev–Trinajstić information content (AvgIpc) is 1.75. The molecule has 0 aromatic rings. The van der Waals surface area contributed by atoms with E-state index in [2.05, 4.69) is 19.9 Å². The van der Waals surface area contributed by atoms with E-state index in [4.69, 9.17) is 11.6 Å². The molecule has 0 aliphatic heterocycles. The van der Waals surface area contributed by atoms with Crippen molar-refractivity contribution in [3.05, 3.63) is 11.6 Å². The number of halogens is 1. The molecule has 1 saturated carbocycles. The molecule has 2 unspecified atom stereocenters. The fourth-order valence-corrected chi connectivity index (χ4v) is 3.71. The van der Waals surface area contributed by atoms with Gasteiger partial charge in [0.1, 0.15) is 0 Å². The molecule has 2 heteroatoms. The summed E-state index contributed by atoms with van der Waals surface area (Å²) in [6.07, 6.45) is 5.65. The fourth-order valence-electron chi connectivity index (χ4n) is 3.01. The van der Waals surface area contributed by atoms with E-state index in [9.17, 15) is 5.11 Å². The van der Waals surface area contributed by atoms with Crippen molar-refractivity contribution in [3.8, 4) is 0 Å². The molecule has 2 rings (SSSR count). The molecule has 0 saturated heterocycles. The Bertz CT molecular complexity index is 257. The Labute approximate surface area is 84.8 Å². The zero-order valence-electron chi connectivity index (χ0n) is 8.31. The van der Waals surface area contributed by atoms with E-state index in [0.717, 1.165) is 25.7 Å². The van der Waals surface area contributed by atoms with Crippen LogP contribution in [-0.4, -0.2) is 16.1 Å². The van der Waals surface area contributed by atoms with Crippen LogP contribution >= 0.6 is 11.6 Å². The van der Waals surface area contributed by atoms with Gasteiger partial charge in [-0.2, -0.15) is 0 Å². The first kappa shape index (κ1) is 9.54.